The Bertz CT molecular complexity index is 649. The molecular formula is C20H33NO4Si. The maximum absolute atomic E-state index is 13.2. The van der Waals surface area contributed by atoms with Gasteiger partial charge in [-0.2, -0.15) is 0 Å². The van der Waals surface area contributed by atoms with E-state index < -0.39 is 14.3 Å². The van der Waals surface area contributed by atoms with E-state index in [2.05, 4.69) is 33.9 Å². The first-order chi connectivity index (χ1) is 12.0. The molecule has 3 rings (SSSR count). The standard InChI is InChI=1S/C20H33NO4Si/c1-19(2,3)26(5,6)25-13-14-9-7-11-20-12-8-10-15(20)16(18(23)24-4)17(22)21(14)20/h14H,7-13H2,1-6H3/t14-,20-/m1/s1. The van der Waals surface area contributed by atoms with E-state index in [4.69, 9.17) is 9.16 Å². The third-order valence-electron chi connectivity index (χ3n) is 7.10. The van der Waals surface area contributed by atoms with Crippen molar-refractivity contribution in [1.82, 2.24) is 4.90 Å². The summed E-state index contributed by atoms with van der Waals surface area (Å²) in [4.78, 5) is 27.5. The zero-order valence-corrected chi connectivity index (χ0v) is 18.1. The third-order valence-corrected chi connectivity index (χ3v) is 11.6. The first-order valence-corrected chi connectivity index (χ1v) is 12.8. The molecule has 2 fully saturated rings. The van der Waals surface area contributed by atoms with Crippen molar-refractivity contribution in [2.24, 2.45) is 0 Å². The Morgan fingerprint density at radius 1 is 1.27 bits per heavy atom. The van der Waals surface area contributed by atoms with Crippen LogP contribution in [-0.2, 0) is 18.8 Å². The molecule has 3 aliphatic rings. The molecular weight excluding hydrogens is 346 g/mol. The predicted molar refractivity (Wildman–Crippen MR) is 103 cm³/mol. The third kappa shape index (κ3) is 2.85. The van der Waals surface area contributed by atoms with E-state index in [1.54, 1.807) is 0 Å². The highest BCUT2D eigenvalue weighted by Gasteiger charge is 2.58. The van der Waals surface area contributed by atoms with Crippen LogP contribution >= 0.6 is 0 Å². The number of piperidine rings is 1. The van der Waals surface area contributed by atoms with Gasteiger partial charge in [0, 0.05) is 0 Å². The van der Waals surface area contributed by atoms with E-state index in [-0.39, 0.29) is 22.5 Å². The molecule has 0 aromatic carbocycles. The van der Waals surface area contributed by atoms with Crippen molar-refractivity contribution in [2.45, 2.75) is 89.0 Å². The average Bonchev–Trinajstić information content (AvgIpc) is 3.05. The number of hydrogen-bond donors (Lipinski definition) is 0. The van der Waals surface area contributed by atoms with Crippen LogP contribution in [0.2, 0.25) is 18.1 Å². The molecule has 5 nitrogen and oxygen atoms in total. The van der Waals surface area contributed by atoms with Crippen molar-refractivity contribution in [3.63, 3.8) is 0 Å². The zero-order chi connectivity index (χ0) is 19.3. The van der Waals surface area contributed by atoms with Gasteiger partial charge in [0.2, 0.25) is 0 Å². The molecule has 2 aliphatic heterocycles. The lowest BCUT2D eigenvalue weighted by atomic mass is 9.81. The van der Waals surface area contributed by atoms with Crippen LogP contribution in [-0.4, -0.2) is 50.4 Å². The minimum atomic E-state index is -1.88. The fourth-order valence-corrected chi connectivity index (χ4v) is 5.71. The molecule has 1 saturated heterocycles. The van der Waals surface area contributed by atoms with Crippen LogP contribution in [0.25, 0.3) is 0 Å². The highest BCUT2D eigenvalue weighted by atomic mass is 28.4. The monoisotopic (exact) mass is 379 g/mol. The van der Waals surface area contributed by atoms with Crippen molar-refractivity contribution in [3.05, 3.63) is 11.1 Å². The lowest BCUT2D eigenvalue weighted by Crippen LogP contribution is -2.57. The van der Waals surface area contributed by atoms with Gasteiger partial charge in [-0.3, -0.25) is 4.79 Å². The molecule has 2 atom stereocenters. The summed E-state index contributed by atoms with van der Waals surface area (Å²) in [7, 11) is -0.518. The second-order valence-corrected chi connectivity index (χ2v) is 14.3. The quantitative estimate of drug-likeness (QED) is 0.424. The first-order valence-electron chi connectivity index (χ1n) is 9.85. The predicted octanol–water partition coefficient (Wildman–Crippen LogP) is 3.80. The molecule has 2 heterocycles. The number of ether oxygens (including phenoxy) is 1. The number of nitrogens with zero attached hydrogens (tertiary/aromatic N) is 1. The smallest absolute Gasteiger partial charge is 0.343 e. The van der Waals surface area contributed by atoms with E-state index in [0.717, 1.165) is 44.1 Å². The molecule has 1 spiro atoms. The topological polar surface area (TPSA) is 55.8 Å². The summed E-state index contributed by atoms with van der Waals surface area (Å²) in [6.45, 7) is 11.8. The summed E-state index contributed by atoms with van der Waals surface area (Å²) in [5.74, 6) is -0.597. The Labute approximate surface area is 158 Å². The molecule has 0 radical (unpaired) electrons. The SMILES string of the molecule is COC(=O)C1=C2CCC[C@]23CCC[C@H](CO[Si](C)(C)C(C)(C)C)N3C1=O. The van der Waals surface area contributed by atoms with Crippen molar-refractivity contribution in [1.29, 1.82) is 0 Å². The fourth-order valence-electron chi connectivity index (χ4n) is 4.67. The summed E-state index contributed by atoms with van der Waals surface area (Å²) in [6, 6.07) is 0.0561. The van der Waals surface area contributed by atoms with Crippen molar-refractivity contribution in [3.8, 4) is 0 Å². The number of esters is 1. The minimum Gasteiger partial charge on any atom is -0.465 e. The summed E-state index contributed by atoms with van der Waals surface area (Å²) in [5, 5.41) is 0.141. The molecule has 1 saturated carbocycles. The van der Waals surface area contributed by atoms with Gasteiger partial charge in [0.1, 0.15) is 5.57 Å². The van der Waals surface area contributed by atoms with E-state index in [1.807, 2.05) is 4.90 Å². The van der Waals surface area contributed by atoms with Gasteiger partial charge >= 0.3 is 5.97 Å². The molecule has 0 unspecified atom stereocenters. The van der Waals surface area contributed by atoms with Crippen molar-refractivity contribution in [2.75, 3.05) is 13.7 Å². The summed E-state index contributed by atoms with van der Waals surface area (Å²) in [5.41, 5.74) is 1.09. The van der Waals surface area contributed by atoms with Crippen molar-refractivity contribution >= 4 is 20.2 Å². The van der Waals surface area contributed by atoms with Gasteiger partial charge in [-0.15, -0.1) is 0 Å². The van der Waals surface area contributed by atoms with Crippen LogP contribution in [0.4, 0.5) is 0 Å². The average molecular weight is 380 g/mol. The number of methoxy groups -OCH3 is 1. The Balaban J connectivity index is 1.87. The van der Waals surface area contributed by atoms with Crippen LogP contribution < -0.4 is 0 Å². The molecule has 0 aromatic rings. The Morgan fingerprint density at radius 2 is 1.92 bits per heavy atom. The maximum Gasteiger partial charge on any atom is 0.343 e. The number of hydrogen-bond acceptors (Lipinski definition) is 4. The molecule has 146 valence electrons. The fraction of sp³-hybridized carbons (Fsp3) is 0.800. The molecule has 1 amide bonds. The van der Waals surface area contributed by atoms with Crippen LogP contribution in [0.3, 0.4) is 0 Å². The number of amides is 1. The Morgan fingerprint density at radius 3 is 2.54 bits per heavy atom. The van der Waals surface area contributed by atoms with Crippen LogP contribution in [0.1, 0.15) is 59.3 Å². The number of carbonyl (C=O) groups excluding carboxylic acids is 2. The second kappa shape index (κ2) is 6.48. The summed E-state index contributed by atoms with van der Waals surface area (Å²) >= 11 is 0. The summed E-state index contributed by atoms with van der Waals surface area (Å²) in [6.07, 6.45) is 5.82. The minimum absolute atomic E-state index is 0.0561. The number of rotatable bonds is 4. The maximum atomic E-state index is 13.2. The van der Waals surface area contributed by atoms with Crippen LogP contribution in [0.5, 0.6) is 0 Å². The molecule has 0 aromatic heterocycles. The van der Waals surface area contributed by atoms with E-state index in [0.29, 0.717) is 12.2 Å². The molecule has 6 heteroatoms. The van der Waals surface area contributed by atoms with E-state index in [9.17, 15) is 9.59 Å². The largest absolute Gasteiger partial charge is 0.465 e. The molecule has 26 heavy (non-hydrogen) atoms. The zero-order valence-electron chi connectivity index (χ0n) is 17.1. The van der Waals surface area contributed by atoms with E-state index in [1.165, 1.54) is 7.11 Å². The summed E-state index contributed by atoms with van der Waals surface area (Å²) < 4.78 is 11.4. The molecule has 0 N–H and O–H groups in total. The second-order valence-electron chi connectivity index (χ2n) is 9.52. The van der Waals surface area contributed by atoms with E-state index >= 15 is 0 Å². The highest BCUT2D eigenvalue weighted by Crippen LogP contribution is 2.53. The Kier molecular flexibility index (Phi) is 4.89. The van der Waals surface area contributed by atoms with Crippen LogP contribution in [0.15, 0.2) is 11.1 Å². The van der Waals surface area contributed by atoms with Gasteiger partial charge in [0.25, 0.3) is 5.91 Å². The van der Waals surface area contributed by atoms with Gasteiger partial charge in [-0.05, 0) is 62.2 Å². The molecule has 1 aliphatic carbocycles. The Hall–Kier alpha value is -1.14. The first kappa shape index (κ1) is 19.6. The van der Waals surface area contributed by atoms with Gasteiger partial charge in [-0.25, -0.2) is 4.79 Å². The van der Waals surface area contributed by atoms with Gasteiger partial charge < -0.3 is 14.1 Å². The van der Waals surface area contributed by atoms with Gasteiger partial charge in [0.15, 0.2) is 8.32 Å². The number of carbonyl (C=O) groups is 2. The van der Waals surface area contributed by atoms with Gasteiger partial charge in [-0.1, -0.05) is 20.8 Å². The normalized spacial score (nSPS) is 29.1. The van der Waals surface area contributed by atoms with Crippen LogP contribution in [0, 0.1) is 0 Å². The van der Waals surface area contributed by atoms with Gasteiger partial charge in [0.05, 0.1) is 25.3 Å². The lowest BCUT2D eigenvalue weighted by Gasteiger charge is -2.48. The lowest BCUT2D eigenvalue weighted by molar-refractivity contribution is -0.142. The molecule has 0 bridgehead atoms. The highest BCUT2D eigenvalue weighted by molar-refractivity contribution is 6.74. The van der Waals surface area contributed by atoms with Crippen molar-refractivity contribution < 1.29 is 18.8 Å².